The number of nitrogens with one attached hydrogen (secondary N) is 1. The van der Waals surface area contributed by atoms with Gasteiger partial charge in [-0.15, -0.1) is 0 Å². The Hall–Kier alpha value is -1.39. The lowest BCUT2D eigenvalue weighted by molar-refractivity contribution is 0.0964. The topological polar surface area (TPSA) is 56.4 Å². The summed E-state index contributed by atoms with van der Waals surface area (Å²) in [6, 6.07) is 8.73. The van der Waals surface area contributed by atoms with Crippen LogP contribution in [-0.4, -0.2) is 47.9 Å². The number of nitrogens with zero attached hydrogens (tertiary/aromatic N) is 2. The van der Waals surface area contributed by atoms with Crippen molar-refractivity contribution < 1.29 is 0 Å². The zero-order chi connectivity index (χ0) is 14.5. The molecule has 20 heavy (non-hydrogen) atoms. The molecule has 110 valence electrons. The highest BCUT2D eigenvalue weighted by Crippen LogP contribution is 2.13. The van der Waals surface area contributed by atoms with E-state index in [1.54, 1.807) is 0 Å². The molecule has 0 aromatic heterocycles. The summed E-state index contributed by atoms with van der Waals surface area (Å²) in [5.74, 6) is 0.147. The van der Waals surface area contributed by atoms with Gasteiger partial charge in [0.2, 0.25) is 0 Å². The van der Waals surface area contributed by atoms with Crippen LogP contribution in [0, 0.1) is 5.41 Å². The number of hydrogen-bond donors (Lipinski definition) is 2. The van der Waals surface area contributed by atoms with E-state index in [0.29, 0.717) is 6.04 Å². The van der Waals surface area contributed by atoms with Crippen LogP contribution < -0.4 is 5.73 Å². The maximum atomic E-state index is 7.50. The molecule has 1 fully saturated rings. The van der Waals surface area contributed by atoms with Gasteiger partial charge in [0, 0.05) is 44.3 Å². The summed E-state index contributed by atoms with van der Waals surface area (Å²) in [5, 5.41) is 7.50. The van der Waals surface area contributed by atoms with Crippen molar-refractivity contribution in [2.45, 2.75) is 32.9 Å². The summed E-state index contributed by atoms with van der Waals surface area (Å²) in [6.07, 6.45) is 1.22. The lowest BCUT2D eigenvalue weighted by Crippen LogP contribution is -2.48. The molecule has 1 aliphatic heterocycles. The highest BCUT2D eigenvalue weighted by Gasteiger charge is 2.19. The largest absolute Gasteiger partial charge is 0.384 e. The molecule has 1 aromatic carbocycles. The van der Waals surface area contributed by atoms with Crippen LogP contribution >= 0.6 is 0 Å². The van der Waals surface area contributed by atoms with Crippen molar-refractivity contribution >= 4 is 5.84 Å². The Kier molecular flexibility index (Phi) is 5.15. The Labute approximate surface area is 122 Å². The first-order valence-electron chi connectivity index (χ1n) is 7.50. The van der Waals surface area contributed by atoms with E-state index in [0.717, 1.165) is 38.3 Å². The molecule has 0 amide bonds. The molecular weight excluding hydrogens is 248 g/mol. The molecule has 4 heteroatoms. The molecule has 0 aliphatic carbocycles. The predicted molar refractivity (Wildman–Crippen MR) is 84.1 cm³/mol. The minimum atomic E-state index is 0.147. The third-order valence-corrected chi connectivity index (χ3v) is 4.27. The number of hydrogen-bond acceptors (Lipinski definition) is 3. The van der Waals surface area contributed by atoms with E-state index in [-0.39, 0.29) is 5.84 Å². The summed E-state index contributed by atoms with van der Waals surface area (Å²) in [7, 11) is 0. The number of nitrogens with two attached hydrogens (primary N) is 1. The van der Waals surface area contributed by atoms with Crippen LogP contribution in [0.3, 0.4) is 0 Å². The fraction of sp³-hybridized carbons (Fsp3) is 0.562. The van der Waals surface area contributed by atoms with E-state index in [1.165, 1.54) is 12.0 Å². The Morgan fingerprint density at radius 2 is 2.00 bits per heavy atom. The van der Waals surface area contributed by atoms with Crippen molar-refractivity contribution in [3.63, 3.8) is 0 Å². The average Bonchev–Trinajstić information content (AvgIpc) is 2.47. The van der Waals surface area contributed by atoms with E-state index >= 15 is 0 Å². The molecule has 0 radical (unpaired) electrons. The van der Waals surface area contributed by atoms with Crippen molar-refractivity contribution in [3.05, 3.63) is 35.4 Å². The monoisotopic (exact) mass is 274 g/mol. The van der Waals surface area contributed by atoms with Crippen molar-refractivity contribution in [2.75, 3.05) is 26.2 Å². The fourth-order valence-electron chi connectivity index (χ4n) is 2.72. The van der Waals surface area contributed by atoms with E-state index in [4.69, 9.17) is 11.1 Å². The van der Waals surface area contributed by atoms with E-state index in [1.807, 2.05) is 18.2 Å². The summed E-state index contributed by atoms with van der Waals surface area (Å²) >= 11 is 0. The van der Waals surface area contributed by atoms with Gasteiger partial charge in [-0.2, -0.15) is 0 Å². The maximum Gasteiger partial charge on any atom is 0.122 e. The minimum Gasteiger partial charge on any atom is -0.384 e. The fourth-order valence-corrected chi connectivity index (χ4v) is 2.72. The second kappa shape index (κ2) is 6.86. The number of piperazine rings is 1. The number of amidine groups is 1. The molecule has 4 nitrogen and oxygen atoms in total. The zero-order valence-electron chi connectivity index (χ0n) is 12.6. The summed E-state index contributed by atoms with van der Waals surface area (Å²) in [6.45, 7) is 10.1. The van der Waals surface area contributed by atoms with E-state index in [9.17, 15) is 0 Å². The molecule has 1 heterocycles. The lowest BCUT2D eigenvalue weighted by Gasteiger charge is -2.37. The van der Waals surface area contributed by atoms with Crippen LogP contribution in [0.25, 0.3) is 0 Å². The first-order valence-corrected chi connectivity index (χ1v) is 7.50. The van der Waals surface area contributed by atoms with Crippen LogP contribution in [0.4, 0.5) is 0 Å². The van der Waals surface area contributed by atoms with Crippen LogP contribution in [-0.2, 0) is 6.54 Å². The molecule has 0 bridgehead atoms. The van der Waals surface area contributed by atoms with Gasteiger partial charge >= 0.3 is 0 Å². The van der Waals surface area contributed by atoms with Crippen LogP contribution in [0.2, 0.25) is 0 Å². The van der Waals surface area contributed by atoms with Gasteiger partial charge in [0.1, 0.15) is 5.84 Å². The molecular formula is C16H26N4. The molecule has 1 aliphatic rings. The Morgan fingerprint density at radius 3 is 2.60 bits per heavy atom. The summed E-state index contributed by atoms with van der Waals surface area (Å²) in [5.41, 5.74) is 7.61. The first kappa shape index (κ1) is 15.0. The average molecular weight is 274 g/mol. The maximum absolute atomic E-state index is 7.50. The molecule has 1 aromatic rings. The Balaban J connectivity index is 1.89. The SMILES string of the molecule is CCC(C)N1CCN(Cc2cccc(C(=N)N)c2)CC1. The smallest absolute Gasteiger partial charge is 0.122 e. The van der Waals surface area contributed by atoms with Crippen LogP contribution in [0.15, 0.2) is 24.3 Å². The normalized spacial score (nSPS) is 18.9. The molecule has 3 N–H and O–H groups in total. The van der Waals surface area contributed by atoms with Gasteiger partial charge in [0.25, 0.3) is 0 Å². The number of rotatable bonds is 5. The second-order valence-corrected chi connectivity index (χ2v) is 5.68. The molecule has 0 spiro atoms. The van der Waals surface area contributed by atoms with Crippen LogP contribution in [0.5, 0.6) is 0 Å². The highest BCUT2D eigenvalue weighted by molar-refractivity contribution is 5.95. The second-order valence-electron chi connectivity index (χ2n) is 5.68. The Bertz CT molecular complexity index is 450. The van der Waals surface area contributed by atoms with Crippen molar-refractivity contribution in [1.29, 1.82) is 5.41 Å². The lowest BCUT2D eigenvalue weighted by atomic mass is 10.1. The van der Waals surface area contributed by atoms with Crippen LogP contribution in [0.1, 0.15) is 31.4 Å². The predicted octanol–water partition coefficient (Wildman–Crippen LogP) is 1.89. The summed E-state index contributed by atoms with van der Waals surface area (Å²) < 4.78 is 0. The molecule has 0 saturated carbocycles. The Morgan fingerprint density at radius 1 is 1.30 bits per heavy atom. The molecule has 1 atom stereocenters. The molecule has 1 unspecified atom stereocenters. The van der Waals surface area contributed by atoms with Gasteiger partial charge in [0.05, 0.1) is 0 Å². The van der Waals surface area contributed by atoms with Gasteiger partial charge < -0.3 is 5.73 Å². The number of benzene rings is 1. The minimum absolute atomic E-state index is 0.147. The number of nitrogen functional groups attached to an aromatic ring is 1. The zero-order valence-corrected chi connectivity index (χ0v) is 12.6. The van der Waals surface area contributed by atoms with Gasteiger partial charge in [-0.25, -0.2) is 0 Å². The standard InChI is InChI=1S/C16H26N4/c1-3-13(2)20-9-7-19(8-10-20)12-14-5-4-6-15(11-14)16(17)18/h4-6,11,13H,3,7-10,12H2,1-2H3,(H3,17,18). The third-order valence-electron chi connectivity index (χ3n) is 4.27. The van der Waals surface area contributed by atoms with Gasteiger partial charge in [-0.3, -0.25) is 15.2 Å². The van der Waals surface area contributed by atoms with Gasteiger partial charge in [0.15, 0.2) is 0 Å². The molecule has 2 rings (SSSR count). The first-order chi connectivity index (χ1) is 9.60. The van der Waals surface area contributed by atoms with Crippen molar-refractivity contribution in [1.82, 2.24) is 9.80 Å². The third kappa shape index (κ3) is 3.81. The van der Waals surface area contributed by atoms with Gasteiger partial charge in [-0.1, -0.05) is 25.1 Å². The molecule has 1 saturated heterocycles. The van der Waals surface area contributed by atoms with E-state index in [2.05, 4.69) is 29.7 Å². The van der Waals surface area contributed by atoms with Crippen molar-refractivity contribution in [3.8, 4) is 0 Å². The quantitative estimate of drug-likeness (QED) is 0.637. The summed E-state index contributed by atoms with van der Waals surface area (Å²) in [4.78, 5) is 5.06. The van der Waals surface area contributed by atoms with Crippen molar-refractivity contribution in [2.24, 2.45) is 5.73 Å². The van der Waals surface area contributed by atoms with Gasteiger partial charge in [-0.05, 0) is 25.0 Å². The highest BCUT2D eigenvalue weighted by atomic mass is 15.3. The van der Waals surface area contributed by atoms with E-state index < -0.39 is 0 Å².